The number of nitrogens with zero attached hydrogens (tertiary/aromatic N) is 2. The molecule has 0 N–H and O–H groups in total. The highest BCUT2D eigenvalue weighted by atomic mass is 19.1. The predicted octanol–water partition coefficient (Wildman–Crippen LogP) is 3.51. The van der Waals surface area contributed by atoms with Gasteiger partial charge < -0.3 is 9.42 Å². The first-order valence-corrected chi connectivity index (χ1v) is 7.49. The van der Waals surface area contributed by atoms with Crippen LogP contribution in [0.15, 0.2) is 22.7 Å². The van der Waals surface area contributed by atoms with Gasteiger partial charge >= 0.3 is 0 Å². The van der Waals surface area contributed by atoms with Crippen LogP contribution in [0.5, 0.6) is 0 Å². The largest absolute Gasteiger partial charge is 0.361 e. The minimum atomic E-state index is -0.326. The maximum atomic E-state index is 14.0. The van der Waals surface area contributed by atoms with E-state index in [1.54, 1.807) is 11.0 Å². The molecule has 0 unspecified atom stereocenters. The molecule has 4 nitrogen and oxygen atoms in total. The Labute approximate surface area is 128 Å². The second-order valence-corrected chi connectivity index (χ2v) is 5.89. The summed E-state index contributed by atoms with van der Waals surface area (Å²) in [4.78, 5) is 14.2. The summed E-state index contributed by atoms with van der Waals surface area (Å²) in [7, 11) is 0. The lowest BCUT2D eigenvalue weighted by Crippen LogP contribution is -2.30. The molecule has 2 aromatic rings. The smallest absolute Gasteiger partial charge is 0.227 e. The number of anilines is 1. The van der Waals surface area contributed by atoms with Gasteiger partial charge in [0.25, 0.3) is 0 Å². The van der Waals surface area contributed by atoms with Gasteiger partial charge in [-0.05, 0) is 37.8 Å². The third-order valence-electron chi connectivity index (χ3n) is 4.31. The summed E-state index contributed by atoms with van der Waals surface area (Å²) in [6, 6.07) is 4.97. The summed E-state index contributed by atoms with van der Waals surface area (Å²) >= 11 is 0. The van der Waals surface area contributed by atoms with Crippen LogP contribution >= 0.6 is 0 Å². The quantitative estimate of drug-likeness (QED) is 0.871. The topological polar surface area (TPSA) is 46.3 Å². The Hall–Kier alpha value is -2.17. The predicted molar refractivity (Wildman–Crippen MR) is 81.5 cm³/mol. The SMILES string of the molecule is Cc1noc(C)c1[C@@H](C)CC(=O)N1CCc2cccc(F)c21. The molecule has 1 amide bonds. The van der Waals surface area contributed by atoms with Crippen molar-refractivity contribution in [1.82, 2.24) is 5.16 Å². The van der Waals surface area contributed by atoms with E-state index in [0.29, 0.717) is 25.1 Å². The van der Waals surface area contributed by atoms with Crippen LogP contribution < -0.4 is 4.90 Å². The molecule has 0 spiro atoms. The van der Waals surface area contributed by atoms with Crippen LogP contribution in [0, 0.1) is 19.7 Å². The van der Waals surface area contributed by atoms with E-state index in [2.05, 4.69) is 5.16 Å². The monoisotopic (exact) mass is 302 g/mol. The van der Waals surface area contributed by atoms with Crippen molar-refractivity contribution in [2.75, 3.05) is 11.4 Å². The first-order valence-electron chi connectivity index (χ1n) is 7.49. The van der Waals surface area contributed by atoms with E-state index in [-0.39, 0.29) is 17.6 Å². The Morgan fingerprint density at radius 3 is 2.91 bits per heavy atom. The lowest BCUT2D eigenvalue weighted by molar-refractivity contribution is -0.118. The molecule has 0 fully saturated rings. The average Bonchev–Trinajstić information content (AvgIpc) is 3.03. The molecular weight excluding hydrogens is 283 g/mol. The minimum Gasteiger partial charge on any atom is -0.361 e. The summed E-state index contributed by atoms with van der Waals surface area (Å²) < 4.78 is 19.2. The molecule has 1 aromatic heterocycles. The molecule has 116 valence electrons. The zero-order chi connectivity index (χ0) is 15.9. The summed E-state index contributed by atoms with van der Waals surface area (Å²) in [5, 5.41) is 3.93. The number of carbonyl (C=O) groups is 1. The maximum absolute atomic E-state index is 14.0. The Morgan fingerprint density at radius 1 is 1.45 bits per heavy atom. The van der Waals surface area contributed by atoms with Crippen LogP contribution in [0.25, 0.3) is 0 Å². The summed E-state index contributed by atoms with van der Waals surface area (Å²) in [5.41, 5.74) is 3.13. The van der Waals surface area contributed by atoms with Crippen LogP contribution in [0.4, 0.5) is 10.1 Å². The number of rotatable bonds is 3. The normalized spacial score (nSPS) is 15.0. The zero-order valence-corrected chi connectivity index (χ0v) is 13.0. The molecule has 22 heavy (non-hydrogen) atoms. The second-order valence-electron chi connectivity index (χ2n) is 5.89. The van der Waals surface area contributed by atoms with Gasteiger partial charge in [0.05, 0.1) is 11.4 Å². The number of hydrogen-bond donors (Lipinski definition) is 0. The van der Waals surface area contributed by atoms with Crippen molar-refractivity contribution in [3.8, 4) is 0 Å². The van der Waals surface area contributed by atoms with Crippen LogP contribution in [-0.2, 0) is 11.2 Å². The highest BCUT2D eigenvalue weighted by Crippen LogP contribution is 2.33. The second kappa shape index (κ2) is 5.55. The van der Waals surface area contributed by atoms with Crippen molar-refractivity contribution in [2.24, 2.45) is 0 Å². The van der Waals surface area contributed by atoms with E-state index < -0.39 is 0 Å². The van der Waals surface area contributed by atoms with Crippen LogP contribution in [0.3, 0.4) is 0 Å². The fourth-order valence-electron chi connectivity index (χ4n) is 3.33. The molecule has 1 aromatic carbocycles. The van der Waals surface area contributed by atoms with Gasteiger partial charge in [-0.2, -0.15) is 0 Å². The Kier molecular flexibility index (Phi) is 3.72. The first kappa shape index (κ1) is 14.8. The number of aryl methyl sites for hydroxylation is 2. The van der Waals surface area contributed by atoms with E-state index in [1.165, 1.54) is 6.07 Å². The van der Waals surface area contributed by atoms with Gasteiger partial charge in [-0.15, -0.1) is 0 Å². The molecule has 0 aliphatic carbocycles. The highest BCUT2D eigenvalue weighted by molar-refractivity contribution is 5.96. The summed E-state index contributed by atoms with van der Waals surface area (Å²) in [6.45, 7) is 6.24. The van der Waals surface area contributed by atoms with Crippen molar-refractivity contribution in [2.45, 2.75) is 39.5 Å². The van der Waals surface area contributed by atoms with Gasteiger partial charge in [0, 0.05) is 18.5 Å². The molecule has 0 radical (unpaired) electrons. The zero-order valence-electron chi connectivity index (χ0n) is 13.0. The number of hydrogen-bond acceptors (Lipinski definition) is 3. The van der Waals surface area contributed by atoms with Crippen molar-refractivity contribution in [1.29, 1.82) is 0 Å². The van der Waals surface area contributed by atoms with Gasteiger partial charge in [-0.25, -0.2) is 4.39 Å². The van der Waals surface area contributed by atoms with E-state index in [9.17, 15) is 9.18 Å². The number of aromatic nitrogens is 1. The number of para-hydroxylation sites is 1. The Bertz CT molecular complexity index is 704. The number of amides is 1. The van der Waals surface area contributed by atoms with E-state index in [1.807, 2.05) is 26.8 Å². The number of halogens is 1. The molecule has 1 aliphatic rings. The number of carbonyl (C=O) groups excluding carboxylic acids is 1. The number of benzene rings is 1. The van der Waals surface area contributed by atoms with E-state index >= 15 is 0 Å². The molecule has 2 heterocycles. The van der Waals surface area contributed by atoms with Gasteiger partial charge in [0.2, 0.25) is 5.91 Å². The maximum Gasteiger partial charge on any atom is 0.227 e. The average molecular weight is 302 g/mol. The molecule has 3 rings (SSSR count). The van der Waals surface area contributed by atoms with Crippen molar-refractivity contribution in [3.05, 3.63) is 46.6 Å². The molecule has 0 saturated carbocycles. The van der Waals surface area contributed by atoms with Crippen LogP contribution in [-0.4, -0.2) is 17.6 Å². The molecule has 5 heteroatoms. The lowest BCUT2D eigenvalue weighted by Gasteiger charge is -2.20. The van der Waals surface area contributed by atoms with Gasteiger partial charge in [-0.1, -0.05) is 24.2 Å². The summed E-state index contributed by atoms with van der Waals surface area (Å²) in [5.74, 6) is 0.352. The lowest BCUT2D eigenvalue weighted by atomic mass is 9.95. The Balaban J connectivity index is 1.80. The molecular formula is C17H19FN2O2. The molecule has 0 saturated heterocycles. The van der Waals surface area contributed by atoms with Crippen LogP contribution in [0.1, 0.15) is 41.8 Å². The van der Waals surface area contributed by atoms with Gasteiger partial charge in [0.1, 0.15) is 11.6 Å². The van der Waals surface area contributed by atoms with Crippen molar-refractivity contribution in [3.63, 3.8) is 0 Å². The summed E-state index contributed by atoms with van der Waals surface area (Å²) in [6.07, 6.45) is 1.02. The fraction of sp³-hybridized carbons (Fsp3) is 0.412. The van der Waals surface area contributed by atoms with E-state index in [4.69, 9.17) is 4.52 Å². The van der Waals surface area contributed by atoms with E-state index in [0.717, 1.165) is 22.6 Å². The fourth-order valence-corrected chi connectivity index (χ4v) is 3.33. The van der Waals surface area contributed by atoms with Gasteiger partial charge in [0.15, 0.2) is 0 Å². The Morgan fingerprint density at radius 2 is 2.23 bits per heavy atom. The molecule has 0 bridgehead atoms. The van der Waals surface area contributed by atoms with Crippen molar-refractivity contribution < 1.29 is 13.7 Å². The third kappa shape index (κ3) is 2.40. The third-order valence-corrected chi connectivity index (χ3v) is 4.31. The van der Waals surface area contributed by atoms with Gasteiger partial charge in [-0.3, -0.25) is 4.79 Å². The van der Waals surface area contributed by atoms with Crippen LogP contribution in [0.2, 0.25) is 0 Å². The first-order chi connectivity index (χ1) is 10.5. The molecule has 1 aliphatic heterocycles. The van der Waals surface area contributed by atoms with Crippen molar-refractivity contribution >= 4 is 11.6 Å². The minimum absolute atomic E-state index is 0.00502. The highest BCUT2D eigenvalue weighted by Gasteiger charge is 2.29. The standard InChI is InChI=1S/C17H19FN2O2/c1-10(16-11(2)19-22-12(16)3)9-15(21)20-8-7-13-5-4-6-14(18)17(13)20/h4-6,10H,7-9H2,1-3H3/t10-/m0/s1. The number of fused-ring (bicyclic) bond motifs is 1. The molecule has 1 atom stereocenters.